The number of aliphatic hydroxyl groups is 1. The Morgan fingerprint density at radius 2 is 1.62 bits per heavy atom. The van der Waals surface area contributed by atoms with Gasteiger partial charge in [0.15, 0.2) is 0 Å². The maximum atomic E-state index is 9.16. The van der Waals surface area contributed by atoms with E-state index < -0.39 is 0 Å². The normalized spacial score (nSPS) is 13.1. The summed E-state index contributed by atoms with van der Waals surface area (Å²) in [5, 5.41) is 21.0. The van der Waals surface area contributed by atoms with Gasteiger partial charge in [0.1, 0.15) is 5.75 Å². The highest BCUT2D eigenvalue weighted by atomic mass is 16.5. The van der Waals surface area contributed by atoms with Crippen LogP contribution < -0.4 is 10.2 Å². The van der Waals surface area contributed by atoms with E-state index in [0.29, 0.717) is 18.9 Å². The SMILES string of the molecule is COCc1ccccc1O.OCCNCCCCCCOCCc1ccc(N2CCCC2)cc1. The van der Waals surface area contributed by atoms with Crippen molar-refractivity contribution in [3.05, 3.63) is 59.7 Å². The van der Waals surface area contributed by atoms with Crippen LogP contribution in [0.25, 0.3) is 0 Å². The van der Waals surface area contributed by atoms with Gasteiger partial charge < -0.3 is 29.9 Å². The minimum atomic E-state index is 0.231. The van der Waals surface area contributed by atoms with Crippen molar-refractivity contribution < 1.29 is 19.7 Å². The summed E-state index contributed by atoms with van der Waals surface area (Å²) in [6, 6.07) is 16.1. The number of methoxy groups -OCH3 is 1. The second-order valence-electron chi connectivity index (χ2n) is 8.67. The summed E-state index contributed by atoms with van der Waals surface area (Å²) >= 11 is 0. The van der Waals surface area contributed by atoms with Crippen molar-refractivity contribution in [2.45, 2.75) is 51.6 Å². The Labute approximate surface area is 205 Å². The van der Waals surface area contributed by atoms with E-state index in [1.165, 1.54) is 56.4 Å². The van der Waals surface area contributed by atoms with Crippen LogP contribution in [-0.2, 0) is 22.5 Å². The van der Waals surface area contributed by atoms with Gasteiger partial charge >= 0.3 is 0 Å². The zero-order chi connectivity index (χ0) is 24.3. The monoisotopic (exact) mass is 472 g/mol. The third-order valence-electron chi connectivity index (χ3n) is 5.91. The number of hydrogen-bond acceptors (Lipinski definition) is 6. The molecule has 6 heteroatoms. The molecule has 0 aromatic heterocycles. The molecule has 0 aliphatic carbocycles. The Hall–Kier alpha value is -2.12. The molecule has 2 aromatic rings. The Kier molecular flexibility index (Phi) is 15.1. The number of aromatic hydroxyl groups is 1. The van der Waals surface area contributed by atoms with Gasteiger partial charge in [-0.1, -0.05) is 43.2 Å². The first-order valence-electron chi connectivity index (χ1n) is 12.7. The number of unbranched alkanes of at least 4 members (excludes halogenated alkanes) is 3. The number of nitrogens with one attached hydrogen (secondary N) is 1. The van der Waals surface area contributed by atoms with Gasteiger partial charge in [-0.05, 0) is 62.4 Å². The van der Waals surface area contributed by atoms with E-state index in [9.17, 15) is 0 Å². The Bertz CT molecular complexity index is 748. The lowest BCUT2D eigenvalue weighted by Crippen LogP contribution is -2.19. The molecule has 6 nitrogen and oxygen atoms in total. The molecular formula is C28H44N2O4. The van der Waals surface area contributed by atoms with E-state index in [-0.39, 0.29) is 6.61 Å². The fourth-order valence-corrected chi connectivity index (χ4v) is 3.94. The van der Waals surface area contributed by atoms with Gasteiger partial charge in [-0.3, -0.25) is 0 Å². The molecule has 0 saturated carbocycles. The molecule has 1 aliphatic heterocycles. The molecule has 0 spiro atoms. The first-order chi connectivity index (χ1) is 16.7. The highest BCUT2D eigenvalue weighted by Gasteiger charge is 2.11. The molecule has 1 fully saturated rings. The van der Waals surface area contributed by atoms with Crippen molar-refractivity contribution in [3.8, 4) is 5.75 Å². The maximum absolute atomic E-state index is 9.16. The van der Waals surface area contributed by atoms with Gasteiger partial charge in [-0.25, -0.2) is 0 Å². The number of phenols is 1. The zero-order valence-corrected chi connectivity index (χ0v) is 20.9. The third kappa shape index (κ3) is 11.8. The lowest BCUT2D eigenvalue weighted by molar-refractivity contribution is 0.133. The standard InChI is InChI=1S/C20H34N2O2.C8H10O2/c23-16-13-21-12-3-1-2-6-17-24-18-11-19-7-9-20(10-8-19)22-14-4-5-15-22;1-10-6-7-4-2-3-5-8(7)9/h7-10,21,23H,1-6,11-18H2;2-5,9H,6H2,1H3. The molecule has 2 aromatic carbocycles. The summed E-state index contributed by atoms with van der Waals surface area (Å²) in [4.78, 5) is 2.47. The molecule has 0 bridgehead atoms. The molecule has 0 radical (unpaired) electrons. The fraction of sp³-hybridized carbons (Fsp3) is 0.571. The van der Waals surface area contributed by atoms with Gasteiger partial charge in [-0.2, -0.15) is 0 Å². The van der Waals surface area contributed by atoms with E-state index in [2.05, 4.69) is 34.5 Å². The molecule has 0 unspecified atom stereocenters. The fourth-order valence-electron chi connectivity index (χ4n) is 3.94. The molecule has 34 heavy (non-hydrogen) atoms. The molecule has 0 atom stereocenters. The first-order valence-corrected chi connectivity index (χ1v) is 12.7. The van der Waals surface area contributed by atoms with E-state index in [1.807, 2.05) is 12.1 Å². The number of phenolic OH excluding ortho intramolecular Hbond substituents is 1. The van der Waals surface area contributed by atoms with E-state index in [0.717, 1.165) is 38.2 Å². The molecule has 3 N–H and O–H groups in total. The Morgan fingerprint density at radius 3 is 2.32 bits per heavy atom. The summed E-state index contributed by atoms with van der Waals surface area (Å²) in [6.45, 7) is 6.52. The highest BCUT2D eigenvalue weighted by Crippen LogP contribution is 2.20. The molecule has 1 heterocycles. The van der Waals surface area contributed by atoms with Crippen LogP contribution in [0.5, 0.6) is 5.75 Å². The summed E-state index contributed by atoms with van der Waals surface area (Å²) in [7, 11) is 1.60. The predicted octanol–water partition coefficient (Wildman–Crippen LogP) is 4.53. The average Bonchev–Trinajstić information content (AvgIpc) is 3.40. The van der Waals surface area contributed by atoms with Crippen LogP contribution in [0.1, 0.15) is 49.7 Å². The van der Waals surface area contributed by atoms with Crippen molar-refractivity contribution in [1.29, 1.82) is 0 Å². The van der Waals surface area contributed by atoms with Gasteiger partial charge in [-0.15, -0.1) is 0 Å². The van der Waals surface area contributed by atoms with Crippen LogP contribution in [0.3, 0.4) is 0 Å². The average molecular weight is 473 g/mol. The number of benzene rings is 2. The molecule has 1 aliphatic rings. The molecule has 190 valence electrons. The quantitative estimate of drug-likeness (QED) is 0.331. The largest absolute Gasteiger partial charge is 0.508 e. The molecular weight excluding hydrogens is 428 g/mol. The van der Waals surface area contributed by atoms with Crippen molar-refractivity contribution >= 4 is 5.69 Å². The van der Waals surface area contributed by atoms with Gasteiger partial charge in [0.25, 0.3) is 0 Å². The van der Waals surface area contributed by atoms with Crippen molar-refractivity contribution in [2.75, 3.05) is 58.0 Å². The topological polar surface area (TPSA) is 74.2 Å². The summed E-state index contributed by atoms with van der Waals surface area (Å²) in [6.07, 6.45) is 8.46. The lowest BCUT2D eigenvalue weighted by Gasteiger charge is -2.17. The second kappa shape index (κ2) is 18.2. The molecule has 0 amide bonds. The number of aliphatic hydroxyl groups excluding tert-OH is 1. The third-order valence-corrected chi connectivity index (χ3v) is 5.91. The lowest BCUT2D eigenvalue weighted by atomic mass is 10.1. The van der Waals surface area contributed by atoms with Gasteiger partial charge in [0.05, 0.1) is 19.8 Å². The maximum Gasteiger partial charge on any atom is 0.121 e. The number of para-hydroxylation sites is 1. The van der Waals surface area contributed by atoms with Crippen LogP contribution in [0.15, 0.2) is 48.5 Å². The Balaban J connectivity index is 0.000000340. The number of hydrogen-bond donors (Lipinski definition) is 3. The number of nitrogens with zero attached hydrogens (tertiary/aromatic N) is 1. The second-order valence-corrected chi connectivity index (χ2v) is 8.67. The van der Waals surface area contributed by atoms with Crippen LogP contribution in [-0.4, -0.2) is 63.3 Å². The number of anilines is 1. The van der Waals surface area contributed by atoms with Crippen LogP contribution in [0.4, 0.5) is 5.69 Å². The van der Waals surface area contributed by atoms with E-state index in [1.54, 1.807) is 19.2 Å². The van der Waals surface area contributed by atoms with Gasteiger partial charge in [0, 0.05) is 44.6 Å². The van der Waals surface area contributed by atoms with Crippen molar-refractivity contribution in [2.24, 2.45) is 0 Å². The Morgan fingerprint density at radius 1 is 0.882 bits per heavy atom. The number of rotatable bonds is 15. The number of ether oxygens (including phenoxy) is 2. The van der Waals surface area contributed by atoms with E-state index >= 15 is 0 Å². The smallest absolute Gasteiger partial charge is 0.121 e. The summed E-state index contributed by atoms with van der Waals surface area (Å²) < 4.78 is 10.6. The van der Waals surface area contributed by atoms with Crippen LogP contribution in [0.2, 0.25) is 0 Å². The van der Waals surface area contributed by atoms with Crippen molar-refractivity contribution in [3.63, 3.8) is 0 Å². The summed E-state index contributed by atoms with van der Waals surface area (Å²) in [5.74, 6) is 0.296. The van der Waals surface area contributed by atoms with Crippen LogP contribution in [0, 0.1) is 0 Å². The predicted molar refractivity (Wildman–Crippen MR) is 140 cm³/mol. The van der Waals surface area contributed by atoms with Gasteiger partial charge in [0.2, 0.25) is 0 Å². The molecule has 3 rings (SSSR count). The summed E-state index contributed by atoms with van der Waals surface area (Å²) in [5.41, 5.74) is 3.56. The van der Waals surface area contributed by atoms with Crippen molar-refractivity contribution in [1.82, 2.24) is 5.32 Å². The minimum absolute atomic E-state index is 0.231. The zero-order valence-electron chi connectivity index (χ0n) is 20.9. The minimum Gasteiger partial charge on any atom is -0.508 e. The van der Waals surface area contributed by atoms with E-state index in [4.69, 9.17) is 19.7 Å². The highest BCUT2D eigenvalue weighted by molar-refractivity contribution is 5.48. The first kappa shape index (κ1) is 28.1. The molecule has 1 saturated heterocycles. The van der Waals surface area contributed by atoms with Crippen LogP contribution >= 0.6 is 0 Å².